The molecular weight excluding hydrogens is 260 g/mol. The minimum absolute atomic E-state index is 0.262. The molecule has 0 fully saturated rings. The molecule has 2 nitrogen and oxygen atoms in total. The van der Waals surface area contributed by atoms with Crippen LogP contribution in [-0.4, -0.2) is 16.3 Å². The molecule has 2 N–H and O–H groups in total. The predicted molar refractivity (Wildman–Crippen MR) is 92.5 cm³/mol. The van der Waals surface area contributed by atoms with Crippen LogP contribution in [0.15, 0.2) is 36.1 Å². The quantitative estimate of drug-likeness (QED) is 0.194. The van der Waals surface area contributed by atoms with Gasteiger partial charge in [0, 0.05) is 0 Å². The zero-order chi connectivity index (χ0) is 15.8. The summed E-state index contributed by atoms with van der Waals surface area (Å²) >= 11 is 0. The van der Waals surface area contributed by atoms with Crippen LogP contribution in [-0.2, 0) is 0 Å². The van der Waals surface area contributed by atoms with Crippen molar-refractivity contribution in [2.24, 2.45) is 0 Å². The zero-order valence-electron chi connectivity index (χ0n) is 13.9. The molecule has 0 saturated carbocycles. The van der Waals surface area contributed by atoms with Crippen molar-refractivity contribution in [2.45, 2.75) is 84.2 Å². The molecule has 0 amide bonds. The van der Waals surface area contributed by atoms with Crippen molar-refractivity contribution in [1.82, 2.24) is 0 Å². The Hall–Kier alpha value is -1.02. The highest BCUT2D eigenvalue weighted by Gasteiger charge is 1.97. The van der Waals surface area contributed by atoms with Crippen molar-refractivity contribution in [3.05, 3.63) is 36.1 Å². The molecule has 0 radical (unpaired) electrons. The lowest BCUT2D eigenvalue weighted by molar-refractivity contribution is 0.208. The number of hydrogen-bond donors (Lipinski definition) is 2. The smallest absolute Gasteiger partial charge is 0.111 e. The van der Waals surface area contributed by atoms with Crippen LogP contribution < -0.4 is 0 Å². The molecule has 0 aromatic heterocycles. The summed E-state index contributed by atoms with van der Waals surface area (Å²) in [7, 11) is 0. The monoisotopic (exact) mass is 294 g/mol. The van der Waals surface area contributed by atoms with Crippen molar-refractivity contribution in [3.8, 4) is 0 Å². The summed E-state index contributed by atoms with van der Waals surface area (Å²) in [5.74, 6) is 0.381. The van der Waals surface area contributed by atoms with E-state index in [1.165, 1.54) is 12.8 Å². The summed E-state index contributed by atoms with van der Waals surface area (Å²) in [5, 5.41) is 19.2. The van der Waals surface area contributed by atoms with Gasteiger partial charge in [0.1, 0.15) is 5.76 Å². The summed E-state index contributed by atoms with van der Waals surface area (Å²) in [4.78, 5) is 0. The van der Waals surface area contributed by atoms with E-state index in [4.69, 9.17) is 0 Å². The summed E-state index contributed by atoms with van der Waals surface area (Å²) < 4.78 is 0. The van der Waals surface area contributed by atoms with E-state index >= 15 is 0 Å². The number of allylic oxidation sites excluding steroid dienone is 4. The fourth-order valence-electron chi connectivity index (χ4n) is 2.09. The molecule has 0 aliphatic heterocycles. The van der Waals surface area contributed by atoms with Crippen molar-refractivity contribution in [3.63, 3.8) is 0 Å². The fourth-order valence-corrected chi connectivity index (χ4v) is 2.09. The van der Waals surface area contributed by atoms with E-state index in [1.807, 2.05) is 18.2 Å². The number of hydrogen-bond acceptors (Lipinski definition) is 2. The number of rotatable bonds is 13. The maximum Gasteiger partial charge on any atom is 0.111 e. The normalized spacial score (nSPS) is 14.3. The minimum Gasteiger partial charge on any atom is -0.508 e. The summed E-state index contributed by atoms with van der Waals surface area (Å²) in [5.41, 5.74) is 0. The van der Waals surface area contributed by atoms with Crippen molar-refractivity contribution in [1.29, 1.82) is 0 Å². The first-order valence-electron chi connectivity index (χ1n) is 8.61. The van der Waals surface area contributed by atoms with Crippen LogP contribution >= 0.6 is 0 Å². The van der Waals surface area contributed by atoms with E-state index in [0.29, 0.717) is 5.76 Å². The Morgan fingerprint density at radius 2 is 1.71 bits per heavy atom. The topological polar surface area (TPSA) is 40.5 Å². The maximum absolute atomic E-state index is 9.72. The molecule has 122 valence electrons. The molecule has 0 heterocycles. The fraction of sp³-hybridized carbons (Fsp3) is 0.684. The van der Waals surface area contributed by atoms with Crippen molar-refractivity contribution < 1.29 is 10.2 Å². The van der Waals surface area contributed by atoms with Gasteiger partial charge in [0.15, 0.2) is 0 Å². The van der Waals surface area contributed by atoms with Gasteiger partial charge < -0.3 is 10.2 Å². The van der Waals surface area contributed by atoms with Crippen LogP contribution in [0.5, 0.6) is 0 Å². The largest absolute Gasteiger partial charge is 0.508 e. The zero-order valence-corrected chi connectivity index (χ0v) is 13.9. The molecule has 0 aromatic carbocycles. The van der Waals surface area contributed by atoms with Crippen LogP contribution in [0.1, 0.15) is 78.1 Å². The Morgan fingerprint density at radius 1 is 0.952 bits per heavy atom. The van der Waals surface area contributed by atoms with E-state index in [9.17, 15) is 10.2 Å². The number of aliphatic hydroxyl groups is 2. The van der Waals surface area contributed by atoms with Crippen LogP contribution in [0.2, 0.25) is 0 Å². The van der Waals surface area contributed by atoms with Gasteiger partial charge in [-0.25, -0.2) is 0 Å². The van der Waals surface area contributed by atoms with Gasteiger partial charge in [0.2, 0.25) is 0 Å². The molecule has 0 bridgehead atoms. The molecule has 0 rings (SSSR count). The van der Waals surface area contributed by atoms with Gasteiger partial charge in [-0.2, -0.15) is 0 Å². The first kappa shape index (κ1) is 20.0. The highest BCUT2D eigenvalue weighted by Crippen LogP contribution is 2.08. The first-order valence-corrected chi connectivity index (χ1v) is 8.61. The second-order valence-electron chi connectivity index (χ2n) is 5.57. The Labute approximate surface area is 131 Å². The molecule has 0 saturated heterocycles. The van der Waals surface area contributed by atoms with Crippen LogP contribution in [0.4, 0.5) is 0 Å². The maximum atomic E-state index is 9.72. The highest BCUT2D eigenvalue weighted by atomic mass is 16.3. The lowest BCUT2D eigenvalue weighted by Gasteiger charge is -2.04. The van der Waals surface area contributed by atoms with E-state index in [1.54, 1.807) is 6.08 Å². The third kappa shape index (κ3) is 15.2. The summed E-state index contributed by atoms with van der Waals surface area (Å²) in [6.45, 7) is 4.23. The highest BCUT2D eigenvalue weighted by molar-refractivity contribution is 5.09. The molecule has 1 unspecified atom stereocenters. The van der Waals surface area contributed by atoms with Gasteiger partial charge in [-0.05, 0) is 50.7 Å². The Balaban J connectivity index is 3.48. The Morgan fingerprint density at radius 3 is 2.43 bits per heavy atom. The second kappa shape index (κ2) is 15.4. The molecule has 1 atom stereocenters. The van der Waals surface area contributed by atoms with Gasteiger partial charge in [-0.1, -0.05) is 57.8 Å². The average Bonchev–Trinajstić information content (AvgIpc) is 2.48. The number of aliphatic hydroxyl groups excluding tert-OH is 2. The second-order valence-corrected chi connectivity index (χ2v) is 5.57. The van der Waals surface area contributed by atoms with Gasteiger partial charge in [0.25, 0.3) is 0 Å². The molecule has 2 heteroatoms. The summed E-state index contributed by atoms with van der Waals surface area (Å²) in [6, 6.07) is 0. The van der Waals surface area contributed by atoms with Gasteiger partial charge in [0.05, 0.1) is 6.10 Å². The molecular formula is C19H34O2. The molecule has 0 aromatic rings. The lowest BCUT2D eigenvalue weighted by Crippen LogP contribution is -2.01. The van der Waals surface area contributed by atoms with Gasteiger partial charge in [-0.15, -0.1) is 0 Å². The predicted octanol–water partition coefficient (Wildman–Crippen LogP) is 5.84. The number of unbranched alkanes of at least 4 members (excludes halogenated alkanes) is 6. The third-order valence-corrected chi connectivity index (χ3v) is 3.41. The Kier molecular flexibility index (Phi) is 14.6. The molecule has 0 aliphatic carbocycles. The molecule has 0 aliphatic rings. The van der Waals surface area contributed by atoms with Crippen LogP contribution in [0, 0.1) is 0 Å². The summed E-state index contributed by atoms with van der Waals surface area (Å²) in [6.07, 6.45) is 20.2. The van der Waals surface area contributed by atoms with Crippen LogP contribution in [0.3, 0.4) is 0 Å². The average molecular weight is 294 g/mol. The van der Waals surface area contributed by atoms with Gasteiger partial charge >= 0.3 is 0 Å². The van der Waals surface area contributed by atoms with Crippen molar-refractivity contribution in [2.75, 3.05) is 0 Å². The lowest BCUT2D eigenvalue weighted by atomic mass is 10.1. The van der Waals surface area contributed by atoms with E-state index in [-0.39, 0.29) is 6.10 Å². The van der Waals surface area contributed by atoms with E-state index in [0.717, 1.165) is 51.4 Å². The SMILES string of the molecule is CC/C=C/C(O)=C/CCCCC/C=C/C(O)CCCCC. The standard InChI is InChI=1S/C19H34O2/c1-3-5-11-15-19(21)17-13-10-8-7-9-12-16-18(20)14-6-4-2/h6,13-14,16-17,19-21H,3-5,7-12,15H2,1-2H3/b14-6+,17-13+,18-16-. The molecule has 0 spiro atoms. The van der Waals surface area contributed by atoms with Crippen LogP contribution in [0.25, 0.3) is 0 Å². The van der Waals surface area contributed by atoms with Crippen molar-refractivity contribution >= 4 is 0 Å². The van der Waals surface area contributed by atoms with E-state index in [2.05, 4.69) is 19.9 Å². The first-order chi connectivity index (χ1) is 10.2. The van der Waals surface area contributed by atoms with Gasteiger partial charge in [-0.3, -0.25) is 0 Å². The minimum atomic E-state index is -0.262. The third-order valence-electron chi connectivity index (χ3n) is 3.41. The van der Waals surface area contributed by atoms with E-state index < -0.39 is 0 Å². The molecule has 21 heavy (non-hydrogen) atoms. The Bertz CT molecular complexity index is 303.